The van der Waals surface area contributed by atoms with Gasteiger partial charge in [0.25, 0.3) is 10.1 Å². The second-order valence-corrected chi connectivity index (χ2v) is 10.9. The lowest BCUT2D eigenvalue weighted by atomic mass is 10.0. The number of rotatable bonds is 7. The van der Waals surface area contributed by atoms with Crippen molar-refractivity contribution in [3.05, 3.63) is 51.5 Å². The molecule has 1 aromatic heterocycles. The number of carbonyl (C=O) groups is 1. The molecule has 3 N–H and O–H groups in total. The number of ether oxygens (including phenoxy) is 1. The summed E-state index contributed by atoms with van der Waals surface area (Å²) < 4.78 is 37.0. The minimum absolute atomic E-state index is 0.180. The molecule has 30 heavy (non-hydrogen) atoms. The van der Waals surface area contributed by atoms with E-state index < -0.39 is 33.1 Å². The molecule has 0 bridgehead atoms. The van der Waals surface area contributed by atoms with Crippen LogP contribution >= 0.6 is 11.3 Å². The van der Waals surface area contributed by atoms with E-state index in [0.29, 0.717) is 23.5 Å². The Kier molecular flexibility index (Phi) is 6.51. The van der Waals surface area contributed by atoms with Gasteiger partial charge >= 0.3 is 6.09 Å². The Hall–Kier alpha value is -2.01. The van der Waals surface area contributed by atoms with Crippen LogP contribution in [0.4, 0.5) is 4.79 Å². The lowest BCUT2D eigenvalue weighted by Crippen LogP contribution is -2.35. The van der Waals surface area contributed by atoms with Gasteiger partial charge in [-0.1, -0.05) is 24.3 Å². The molecule has 1 saturated carbocycles. The van der Waals surface area contributed by atoms with E-state index in [1.807, 2.05) is 24.3 Å². The lowest BCUT2D eigenvalue weighted by Gasteiger charge is -2.23. The highest BCUT2D eigenvalue weighted by Gasteiger charge is 2.47. The highest BCUT2D eigenvalue weighted by molar-refractivity contribution is 7.86. The average molecular weight is 455 g/mol. The molecule has 0 spiro atoms. The smallest absolute Gasteiger partial charge is 0.408 e. The van der Waals surface area contributed by atoms with Gasteiger partial charge in [0.1, 0.15) is 10.6 Å². The van der Waals surface area contributed by atoms with Crippen LogP contribution in [0.3, 0.4) is 0 Å². The van der Waals surface area contributed by atoms with Crippen molar-refractivity contribution >= 4 is 27.5 Å². The van der Waals surface area contributed by atoms with Crippen molar-refractivity contribution in [1.29, 1.82) is 0 Å². The minimum atomic E-state index is -4.01. The summed E-state index contributed by atoms with van der Waals surface area (Å²) in [5.74, 6) is -0.184. The maximum atomic E-state index is 12.3. The minimum Gasteiger partial charge on any atom is -0.444 e. The summed E-state index contributed by atoms with van der Waals surface area (Å²) >= 11 is 1.35. The molecule has 1 amide bonds. The summed E-state index contributed by atoms with van der Waals surface area (Å²) in [7, 11) is -4.01. The molecule has 1 heterocycles. The zero-order valence-electron chi connectivity index (χ0n) is 17.0. The predicted octanol–water partition coefficient (Wildman–Crippen LogP) is 3.19. The summed E-state index contributed by atoms with van der Waals surface area (Å²) in [6, 6.07) is 6.99. The number of aliphatic hydroxyl groups excluding tert-OH is 1. The van der Waals surface area contributed by atoms with Gasteiger partial charge in [0.05, 0.1) is 23.6 Å². The third kappa shape index (κ3) is 6.00. The molecule has 0 saturated heterocycles. The number of hydrogen-bond acceptors (Lipinski definition) is 7. The van der Waals surface area contributed by atoms with E-state index in [-0.39, 0.29) is 12.5 Å². The molecule has 1 aromatic carbocycles. The van der Waals surface area contributed by atoms with Crippen LogP contribution in [0.25, 0.3) is 0 Å². The number of hydrogen-bond donors (Lipinski definition) is 3. The summed E-state index contributed by atoms with van der Waals surface area (Å²) in [6.45, 7) is 5.17. The molecule has 8 nitrogen and oxygen atoms in total. The molecule has 10 heteroatoms. The SMILES string of the molecule is CC(C)(C)OC(=O)N[C@@H](Cc1ccc(C2CC2S(=O)(=O)O)cc1)c1nc(CO)cs1. The number of benzene rings is 1. The Morgan fingerprint density at radius 3 is 2.50 bits per heavy atom. The van der Waals surface area contributed by atoms with Crippen LogP contribution in [-0.2, 0) is 27.9 Å². The van der Waals surface area contributed by atoms with Crippen LogP contribution in [0.5, 0.6) is 0 Å². The van der Waals surface area contributed by atoms with Crippen LogP contribution in [0.2, 0.25) is 0 Å². The van der Waals surface area contributed by atoms with Crippen LogP contribution in [0.15, 0.2) is 29.6 Å². The molecular formula is C20H26N2O6S2. The Morgan fingerprint density at radius 1 is 1.33 bits per heavy atom. The molecule has 0 radical (unpaired) electrons. The van der Waals surface area contributed by atoms with E-state index in [1.165, 1.54) is 11.3 Å². The van der Waals surface area contributed by atoms with E-state index in [4.69, 9.17) is 4.74 Å². The van der Waals surface area contributed by atoms with Gasteiger partial charge in [-0.2, -0.15) is 8.42 Å². The lowest BCUT2D eigenvalue weighted by molar-refractivity contribution is 0.0503. The highest BCUT2D eigenvalue weighted by atomic mass is 32.2. The second-order valence-electron chi connectivity index (χ2n) is 8.38. The molecule has 2 aromatic rings. The predicted molar refractivity (Wildman–Crippen MR) is 113 cm³/mol. The van der Waals surface area contributed by atoms with E-state index in [2.05, 4.69) is 10.3 Å². The van der Waals surface area contributed by atoms with Crippen molar-refractivity contribution in [3.63, 3.8) is 0 Å². The van der Waals surface area contributed by atoms with Crippen LogP contribution in [0, 0.1) is 0 Å². The second kappa shape index (κ2) is 8.62. The molecular weight excluding hydrogens is 428 g/mol. The molecule has 3 atom stereocenters. The van der Waals surface area contributed by atoms with Crippen molar-refractivity contribution < 1.29 is 27.6 Å². The molecule has 3 rings (SSSR count). The van der Waals surface area contributed by atoms with Crippen molar-refractivity contribution in [1.82, 2.24) is 10.3 Å². The first kappa shape index (κ1) is 22.7. The Morgan fingerprint density at radius 2 is 2.00 bits per heavy atom. The fourth-order valence-corrected chi connectivity index (χ4v) is 5.08. The van der Waals surface area contributed by atoms with Crippen molar-refractivity contribution in [2.24, 2.45) is 0 Å². The van der Waals surface area contributed by atoms with Gasteiger partial charge in [0.15, 0.2) is 0 Å². The number of amides is 1. The number of carbonyl (C=O) groups excluding carboxylic acids is 1. The zero-order chi connectivity index (χ0) is 22.1. The standard InChI is InChI=1S/C20H26N2O6S2/c1-20(2,3)28-19(24)22-16(18-21-14(10-23)11-29-18)8-12-4-6-13(7-5-12)15-9-17(15)30(25,26)27/h4-7,11,15-17,23H,8-10H2,1-3H3,(H,22,24)(H,25,26,27)/t15?,16-,17?/m0/s1. The topological polar surface area (TPSA) is 126 Å². The fourth-order valence-electron chi connectivity index (χ4n) is 3.19. The van der Waals surface area contributed by atoms with E-state index in [9.17, 15) is 22.9 Å². The Labute approximate surface area is 180 Å². The summed E-state index contributed by atoms with van der Waals surface area (Å²) in [4.78, 5) is 16.7. The molecule has 1 aliphatic rings. The summed E-state index contributed by atoms with van der Waals surface area (Å²) in [5, 5.41) is 13.8. The highest BCUT2D eigenvalue weighted by Crippen LogP contribution is 2.45. The van der Waals surface area contributed by atoms with Crippen molar-refractivity contribution in [2.45, 2.75) is 63.0 Å². The van der Waals surface area contributed by atoms with Gasteiger partial charge in [-0.3, -0.25) is 4.55 Å². The first-order valence-electron chi connectivity index (χ1n) is 9.56. The molecule has 164 valence electrons. The van der Waals surface area contributed by atoms with Crippen LogP contribution < -0.4 is 5.32 Å². The number of aliphatic hydroxyl groups is 1. The Balaban J connectivity index is 1.73. The van der Waals surface area contributed by atoms with Crippen LogP contribution in [-0.4, -0.2) is 40.0 Å². The molecule has 2 unspecified atom stereocenters. The number of nitrogens with one attached hydrogen (secondary N) is 1. The zero-order valence-corrected chi connectivity index (χ0v) is 18.7. The third-order valence-electron chi connectivity index (χ3n) is 4.68. The monoisotopic (exact) mass is 454 g/mol. The summed E-state index contributed by atoms with van der Waals surface area (Å²) in [6.07, 6.45) is 0.313. The number of aromatic nitrogens is 1. The van der Waals surface area contributed by atoms with Gasteiger partial charge in [0.2, 0.25) is 0 Å². The maximum absolute atomic E-state index is 12.3. The van der Waals surface area contributed by atoms with Gasteiger partial charge in [-0.25, -0.2) is 9.78 Å². The normalized spacial score (nSPS) is 19.9. The third-order valence-corrected chi connectivity index (χ3v) is 6.98. The van der Waals surface area contributed by atoms with Crippen molar-refractivity contribution in [3.8, 4) is 0 Å². The van der Waals surface area contributed by atoms with Gasteiger partial charge in [-0.05, 0) is 44.7 Å². The Bertz CT molecular complexity index is 995. The maximum Gasteiger partial charge on any atom is 0.408 e. The van der Waals surface area contributed by atoms with Gasteiger partial charge in [-0.15, -0.1) is 11.3 Å². The van der Waals surface area contributed by atoms with E-state index in [0.717, 1.165) is 11.1 Å². The number of thiazole rings is 1. The molecule has 1 aliphatic carbocycles. The molecule has 0 aliphatic heterocycles. The fraction of sp³-hybridized carbons (Fsp3) is 0.500. The first-order chi connectivity index (χ1) is 14.0. The van der Waals surface area contributed by atoms with Gasteiger partial charge < -0.3 is 15.2 Å². The van der Waals surface area contributed by atoms with Gasteiger partial charge in [0, 0.05) is 11.3 Å². The van der Waals surface area contributed by atoms with E-state index in [1.54, 1.807) is 26.2 Å². The number of alkyl carbamates (subject to hydrolysis) is 1. The quantitative estimate of drug-likeness (QED) is 0.549. The molecule has 1 fully saturated rings. The summed E-state index contributed by atoms with van der Waals surface area (Å²) in [5.41, 5.74) is 1.68. The average Bonchev–Trinajstić information content (AvgIpc) is 3.31. The number of nitrogens with zero attached hydrogens (tertiary/aromatic N) is 1. The first-order valence-corrected chi connectivity index (χ1v) is 11.9. The van der Waals surface area contributed by atoms with E-state index >= 15 is 0 Å². The van der Waals surface area contributed by atoms with Crippen LogP contribution in [0.1, 0.15) is 61.0 Å². The largest absolute Gasteiger partial charge is 0.444 e. The van der Waals surface area contributed by atoms with Crippen molar-refractivity contribution in [2.75, 3.05) is 0 Å².